The molecule has 0 saturated carbocycles. The Balaban J connectivity index is 1.84. The standard InChI is InChI=1S/C23H28N2O5/c1-15(2)30-19-10-8-18(13-21(19)28-5)9-11-22(26)24-25-23(27)14-29-20-12-16(3)6-7-17(20)4/h6-13,15H,14H2,1-5H3,(H,24,26)(H,25,27)/b11-9+. The lowest BCUT2D eigenvalue weighted by Crippen LogP contribution is -2.43. The second-order valence-corrected chi connectivity index (χ2v) is 7.01. The van der Waals surface area contributed by atoms with E-state index in [4.69, 9.17) is 14.2 Å². The van der Waals surface area contributed by atoms with E-state index in [1.807, 2.05) is 45.9 Å². The van der Waals surface area contributed by atoms with Crippen LogP contribution in [0.4, 0.5) is 0 Å². The molecule has 7 nitrogen and oxygen atoms in total. The molecule has 0 fully saturated rings. The average Bonchev–Trinajstić information content (AvgIpc) is 2.71. The molecule has 0 saturated heterocycles. The first-order chi connectivity index (χ1) is 14.3. The first-order valence-corrected chi connectivity index (χ1v) is 9.60. The fourth-order valence-corrected chi connectivity index (χ4v) is 2.53. The van der Waals surface area contributed by atoms with Gasteiger partial charge in [-0.25, -0.2) is 0 Å². The molecule has 30 heavy (non-hydrogen) atoms. The summed E-state index contributed by atoms with van der Waals surface area (Å²) in [7, 11) is 1.55. The monoisotopic (exact) mass is 412 g/mol. The van der Waals surface area contributed by atoms with Crippen molar-refractivity contribution in [3.8, 4) is 17.2 Å². The SMILES string of the molecule is COc1cc(/C=C/C(=O)NNC(=O)COc2cc(C)ccc2C)ccc1OC(C)C. The normalized spacial score (nSPS) is 10.7. The molecule has 2 aromatic rings. The highest BCUT2D eigenvalue weighted by atomic mass is 16.5. The van der Waals surface area contributed by atoms with E-state index < -0.39 is 11.8 Å². The zero-order valence-corrected chi connectivity index (χ0v) is 17.9. The zero-order chi connectivity index (χ0) is 22.1. The molecule has 2 amide bonds. The number of methoxy groups -OCH3 is 1. The van der Waals surface area contributed by atoms with Gasteiger partial charge >= 0.3 is 0 Å². The van der Waals surface area contributed by atoms with Crippen LogP contribution in [0.5, 0.6) is 17.2 Å². The predicted molar refractivity (Wildman–Crippen MR) is 115 cm³/mol. The van der Waals surface area contributed by atoms with Gasteiger partial charge in [0.1, 0.15) is 5.75 Å². The summed E-state index contributed by atoms with van der Waals surface area (Å²) in [5, 5.41) is 0. The number of rotatable bonds is 8. The molecule has 7 heteroatoms. The van der Waals surface area contributed by atoms with E-state index in [0.717, 1.165) is 16.7 Å². The Morgan fingerprint density at radius 2 is 1.77 bits per heavy atom. The number of ether oxygens (including phenoxy) is 3. The van der Waals surface area contributed by atoms with Crippen LogP contribution in [-0.2, 0) is 9.59 Å². The van der Waals surface area contributed by atoms with E-state index in [9.17, 15) is 9.59 Å². The third kappa shape index (κ3) is 7.16. The summed E-state index contributed by atoms with van der Waals surface area (Å²) in [5.74, 6) is 0.898. The van der Waals surface area contributed by atoms with Crippen molar-refractivity contribution in [1.29, 1.82) is 0 Å². The summed E-state index contributed by atoms with van der Waals surface area (Å²) in [6, 6.07) is 11.1. The fraction of sp³-hybridized carbons (Fsp3) is 0.304. The van der Waals surface area contributed by atoms with Crippen LogP contribution in [0, 0.1) is 13.8 Å². The second-order valence-electron chi connectivity index (χ2n) is 7.01. The molecule has 0 spiro atoms. The van der Waals surface area contributed by atoms with Gasteiger partial charge in [-0.3, -0.25) is 20.4 Å². The average molecular weight is 412 g/mol. The first kappa shape index (κ1) is 22.8. The Bertz CT molecular complexity index is 922. The molecule has 0 atom stereocenters. The fourth-order valence-electron chi connectivity index (χ4n) is 2.53. The molecule has 2 N–H and O–H groups in total. The van der Waals surface area contributed by atoms with Gasteiger partial charge in [0, 0.05) is 6.08 Å². The minimum atomic E-state index is -0.475. The van der Waals surface area contributed by atoms with E-state index in [-0.39, 0.29) is 12.7 Å². The topological polar surface area (TPSA) is 85.9 Å². The van der Waals surface area contributed by atoms with Gasteiger partial charge in [-0.15, -0.1) is 0 Å². The van der Waals surface area contributed by atoms with E-state index in [1.54, 1.807) is 31.4 Å². The summed E-state index contributed by atoms with van der Waals surface area (Å²) in [4.78, 5) is 23.8. The van der Waals surface area contributed by atoms with Crippen molar-refractivity contribution in [3.05, 3.63) is 59.2 Å². The second kappa shape index (κ2) is 10.9. The largest absolute Gasteiger partial charge is 0.493 e. The third-order valence-electron chi connectivity index (χ3n) is 4.01. The number of nitrogens with one attached hydrogen (secondary N) is 2. The summed E-state index contributed by atoms with van der Waals surface area (Å²) in [6.07, 6.45) is 2.94. The van der Waals surface area contributed by atoms with Gasteiger partial charge < -0.3 is 14.2 Å². The highest BCUT2D eigenvalue weighted by molar-refractivity contribution is 5.93. The van der Waals surface area contributed by atoms with Crippen LogP contribution in [0.3, 0.4) is 0 Å². The molecule has 2 aromatic carbocycles. The van der Waals surface area contributed by atoms with Crippen LogP contribution in [0.25, 0.3) is 6.08 Å². The molecule has 0 aliphatic carbocycles. The van der Waals surface area contributed by atoms with Crippen LogP contribution >= 0.6 is 0 Å². The van der Waals surface area contributed by atoms with E-state index in [2.05, 4.69) is 10.9 Å². The summed E-state index contributed by atoms with van der Waals surface area (Å²) < 4.78 is 16.5. The molecule has 2 rings (SSSR count). The van der Waals surface area contributed by atoms with Crippen molar-refractivity contribution in [2.24, 2.45) is 0 Å². The lowest BCUT2D eigenvalue weighted by molar-refractivity contribution is -0.128. The van der Waals surface area contributed by atoms with Crippen LogP contribution in [0.15, 0.2) is 42.5 Å². The first-order valence-electron chi connectivity index (χ1n) is 9.60. The number of hydrogen-bond acceptors (Lipinski definition) is 5. The van der Waals surface area contributed by atoms with Gasteiger partial charge in [-0.1, -0.05) is 18.2 Å². The Kier molecular flexibility index (Phi) is 8.29. The molecule has 0 heterocycles. The predicted octanol–water partition coefficient (Wildman–Crippen LogP) is 3.34. The van der Waals surface area contributed by atoms with E-state index >= 15 is 0 Å². The van der Waals surface area contributed by atoms with Crippen LogP contribution in [0.1, 0.15) is 30.5 Å². The number of benzene rings is 2. The van der Waals surface area contributed by atoms with Crippen molar-refractivity contribution in [2.45, 2.75) is 33.8 Å². The Morgan fingerprint density at radius 3 is 2.47 bits per heavy atom. The van der Waals surface area contributed by atoms with Crippen molar-refractivity contribution in [1.82, 2.24) is 10.9 Å². The molecular formula is C23H28N2O5. The van der Waals surface area contributed by atoms with E-state index in [1.165, 1.54) is 6.08 Å². The molecule has 0 aromatic heterocycles. The molecule has 160 valence electrons. The summed E-state index contributed by atoms with van der Waals surface area (Å²) >= 11 is 0. The maximum atomic E-state index is 12.0. The number of aryl methyl sites for hydroxylation is 2. The molecule has 0 aliphatic heterocycles. The molecule has 0 bridgehead atoms. The van der Waals surface area contributed by atoms with Gasteiger partial charge in [0.05, 0.1) is 13.2 Å². The van der Waals surface area contributed by atoms with Gasteiger partial charge in [0.15, 0.2) is 18.1 Å². The highest BCUT2D eigenvalue weighted by Gasteiger charge is 2.08. The van der Waals surface area contributed by atoms with Gasteiger partial charge in [-0.2, -0.15) is 0 Å². The number of hydrazine groups is 1. The maximum Gasteiger partial charge on any atom is 0.276 e. The quantitative estimate of drug-likeness (QED) is 0.513. The van der Waals surface area contributed by atoms with Crippen molar-refractivity contribution in [2.75, 3.05) is 13.7 Å². The van der Waals surface area contributed by atoms with Gasteiger partial charge in [-0.05, 0) is 68.7 Å². The minimum absolute atomic E-state index is 0.0218. The van der Waals surface area contributed by atoms with Crippen LogP contribution in [-0.4, -0.2) is 31.6 Å². The summed E-state index contributed by atoms with van der Waals surface area (Å²) in [5.41, 5.74) is 7.36. The lowest BCUT2D eigenvalue weighted by Gasteiger charge is -2.13. The maximum absolute atomic E-state index is 12.0. The van der Waals surface area contributed by atoms with Crippen LogP contribution in [0.2, 0.25) is 0 Å². The van der Waals surface area contributed by atoms with Crippen molar-refractivity contribution < 1.29 is 23.8 Å². The van der Waals surface area contributed by atoms with Gasteiger partial charge in [0.2, 0.25) is 0 Å². The Morgan fingerprint density at radius 1 is 1.00 bits per heavy atom. The zero-order valence-electron chi connectivity index (χ0n) is 17.9. The Labute approximate surface area is 177 Å². The number of hydrogen-bond donors (Lipinski definition) is 2. The summed E-state index contributed by atoms with van der Waals surface area (Å²) in [6.45, 7) is 7.50. The number of carbonyl (C=O) groups is 2. The van der Waals surface area contributed by atoms with Crippen LogP contribution < -0.4 is 25.1 Å². The lowest BCUT2D eigenvalue weighted by atomic mass is 10.1. The van der Waals surface area contributed by atoms with Gasteiger partial charge in [0.25, 0.3) is 11.8 Å². The number of carbonyl (C=O) groups excluding carboxylic acids is 2. The highest BCUT2D eigenvalue weighted by Crippen LogP contribution is 2.29. The molecule has 0 unspecified atom stereocenters. The number of amides is 2. The smallest absolute Gasteiger partial charge is 0.276 e. The molecule has 0 radical (unpaired) electrons. The molecule has 0 aliphatic rings. The molecular weight excluding hydrogens is 384 g/mol. The van der Waals surface area contributed by atoms with Crippen molar-refractivity contribution in [3.63, 3.8) is 0 Å². The third-order valence-corrected chi connectivity index (χ3v) is 4.01. The minimum Gasteiger partial charge on any atom is -0.493 e. The van der Waals surface area contributed by atoms with E-state index in [0.29, 0.717) is 17.2 Å². The Hall–Kier alpha value is -3.48. The van der Waals surface area contributed by atoms with Crippen molar-refractivity contribution >= 4 is 17.9 Å².